The Hall–Kier alpha value is -3.23. The standard InChI is InChI=1S/C20H20F3N3O3/c1-12(16-7-6-15(10-24-16)29-11-20(21,22)23)25-19(27)18-8-13-4-5-14(28-3)9-17(13)26(18)2/h4-10,12H,11H2,1-3H3,(H,25,27). The number of amides is 1. The maximum Gasteiger partial charge on any atom is 0.422 e. The van der Waals surface area contributed by atoms with Gasteiger partial charge in [0.15, 0.2) is 6.61 Å². The Morgan fingerprint density at radius 3 is 2.55 bits per heavy atom. The molecule has 0 spiro atoms. The molecule has 1 atom stereocenters. The average Bonchev–Trinajstić information content (AvgIpc) is 3.02. The molecular weight excluding hydrogens is 387 g/mol. The number of methoxy groups -OCH3 is 1. The van der Waals surface area contributed by atoms with Crippen molar-refractivity contribution in [3.8, 4) is 11.5 Å². The summed E-state index contributed by atoms with van der Waals surface area (Å²) in [6.45, 7) is 0.355. The molecule has 1 N–H and O–H groups in total. The summed E-state index contributed by atoms with van der Waals surface area (Å²) in [7, 11) is 3.36. The highest BCUT2D eigenvalue weighted by Gasteiger charge is 2.28. The van der Waals surface area contributed by atoms with Gasteiger partial charge in [-0.05, 0) is 37.3 Å². The number of benzene rings is 1. The summed E-state index contributed by atoms with van der Waals surface area (Å²) in [4.78, 5) is 16.8. The second-order valence-electron chi connectivity index (χ2n) is 6.53. The third-order valence-corrected chi connectivity index (χ3v) is 4.44. The highest BCUT2D eigenvalue weighted by molar-refractivity contribution is 5.99. The number of fused-ring (bicyclic) bond motifs is 1. The molecular formula is C20H20F3N3O3. The highest BCUT2D eigenvalue weighted by Crippen LogP contribution is 2.24. The third-order valence-electron chi connectivity index (χ3n) is 4.44. The maximum absolute atomic E-state index is 12.7. The molecule has 1 unspecified atom stereocenters. The number of rotatable bonds is 6. The van der Waals surface area contributed by atoms with Gasteiger partial charge >= 0.3 is 6.18 Å². The van der Waals surface area contributed by atoms with Crippen molar-refractivity contribution in [1.29, 1.82) is 0 Å². The number of ether oxygens (including phenoxy) is 2. The van der Waals surface area contributed by atoms with Gasteiger partial charge in [0.25, 0.3) is 5.91 Å². The van der Waals surface area contributed by atoms with E-state index in [9.17, 15) is 18.0 Å². The molecule has 0 fully saturated rings. The molecule has 0 aliphatic heterocycles. The first-order valence-electron chi connectivity index (χ1n) is 8.78. The van der Waals surface area contributed by atoms with Gasteiger partial charge in [0.05, 0.1) is 30.6 Å². The topological polar surface area (TPSA) is 65.4 Å². The molecule has 0 saturated carbocycles. The fourth-order valence-electron chi connectivity index (χ4n) is 2.90. The number of carbonyl (C=O) groups excluding carboxylic acids is 1. The lowest BCUT2D eigenvalue weighted by Crippen LogP contribution is -2.28. The number of carbonyl (C=O) groups is 1. The van der Waals surface area contributed by atoms with Crippen LogP contribution in [0.25, 0.3) is 10.9 Å². The minimum atomic E-state index is -4.41. The Morgan fingerprint density at radius 2 is 1.93 bits per heavy atom. The Labute approximate surface area is 165 Å². The third kappa shape index (κ3) is 4.79. The normalized spacial score (nSPS) is 12.6. The van der Waals surface area contributed by atoms with Crippen LogP contribution in [-0.4, -0.2) is 35.4 Å². The summed E-state index contributed by atoms with van der Waals surface area (Å²) in [6, 6.07) is 9.76. The first-order valence-corrected chi connectivity index (χ1v) is 8.78. The molecule has 0 aliphatic carbocycles. The molecule has 3 rings (SSSR count). The van der Waals surface area contributed by atoms with Crippen molar-refractivity contribution in [3.05, 3.63) is 54.0 Å². The Kier molecular flexibility index (Phi) is 5.67. The fourth-order valence-corrected chi connectivity index (χ4v) is 2.90. The van der Waals surface area contributed by atoms with Crippen LogP contribution in [-0.2, 0) is 7.05 Å². The predicted molar refractivity (Wildman–Crippen MR) is 101 cm³/mol. The van der Waals surface area contributed by atoms with E-state index in [2.05, 4.69) is 15.0 Å². The van der Waals surface area contributed by atoms with Crippen molar-refractivity contribution in [2.45, 2.75) is 19.1 Å². The van der Waals surface area contributed by atoms with Crippen LogP contribution in [0.15, 0.2) is 42.6 Å². The summed E-state index contributed by atoms with van der Waals surface area (Å²) in [6.07, 6.45) is -3.21. The molecule has 0 aliphatic rings. The van der Waals surface area contributed by atoms with E-state index in [1.807, 2.05) is 18.2 Å². The molecule has 0 bridgehead atoms. The number of halogens is 3. The van der Waals surface area contributed by atoms with E-state index in [-0.39, 0.29) is 11.7 Å². The Balaban J connectivity index is 1.70. The van der Waals surface area contributed by atoms with Crippen LogP contribution in [0.2, 0.25) is 0 Å². The smallest absolute Gasteiger partial charge is 0.422 e. The molecule has 29 heavy (non-hydrogen) atoms. The first-order chi connectivity index (χ1) is 13.7. The SMILES string of the molecule is COc1ccc2cc(C(=O)NC(C)c3ccc(OCC(F)(F)F)cn3)n(C)c2c1. The molecule has 1 aromatic carbocycles. The van der Waals surface area contributed by atoms with Gasteiger partial charge in [0.2, 0.25) is 0 Å². The van der Waals surface area contributed by atoms with Crippen LogP contribution in [0.4, 0.5) is 13.2 Å². The lowest BCUT2D eigenvalue weighted by molar-refractivity contribution is -0.153. The van der Waals surface area contributed by atoms with Gasteiger partial charge in [0.1, 0.15) is 17.2 Å². The predicted octanol–water partition coefficient (Wildman–Crippen LogP) is 4.01. The summed E-state index contributed by atoms with van der Waals surface area (Å²) >= 11 is 0. The largest absolute Gasteiger partial charge is 0.497 e. The maximum atomic E-state index is 12.7. The van der Waals surface area contributed by atoms with E-state index in [1.165, 1.54) is 18.3 Å². The zero-order valence-electron chi connectivity index (χ0n) is 16.1. The number of aromatic nitrogens is 2. The van der Waals surface area contributed by atoms with Crippen LogP contribution in [0, 0.1) is 0 Å². The molecule has 1 amide bonds. The minimum absolute atomic E-state index is 0.00670. The molecule has 2 aromatic heterocycles. The van der Waals surface area contributed by atoms with E-state index in [0.717, 1.165) is 10.9 Å². The molecule has 154 valence electrons. The number of pyridine rings is 1. The Bertz CT molecular complexity index is 1010. The van der Waals surface area contributed by atoms with Gasteiger partial charge in [0, 0.05) is 18.5 Å². The number of nitrogens with one attached hydrogen (secondary N) is 1. The number of aryl methyl sites for hydroxylation is 1. The molecule has 0 radical (unpaired) electrons. The monoisotopic (exact) mass is 407 g/mol. The van der Waals surface area contributed by atoms with Crippen molar-refractivity contribution in [2.75, 3.05) is 13.7 Å². The van der Waals surface area contributed by atoms with E-state index >= 15 is 0 Å². The first kappa shape index (κ1) is 20.5. The van der Waals surface area contributed by atoms with Crippen LogP contribution < -0.4 is 14.8 Å². The number of alkyl halides is 3. The van der Waals surface area contributed by atoms with Crippen molar-refractivity contribution in [3.63, 3.8) is 0 Å². The summed E-state index contributed by atoms with van der Waals surface area (Å²) in [5.41, 5.74) is 1.81. The van der Waals surface area contributed by atoms with Gasteiger partial charge in [-0.1, -0.05) is 0 Å². The van der Waals surface area contributed by atoms with Gasteiger partial charge < -0.3 is 19.4 Å². The van der Waals surface area contributed by atoms with Crippen LogP contribution in [0.3, 0.4) is 0 Å². The quantitative estimate of drug-likeness (QED) is 0.671. The number of hydrogen-bond donors (Lipinski definition) is 1. The Morgan fingerprint density at radius 1 is 1.21 bits per heavy atom. The fraction of sp³-hybridized carbons (Fsp3) is 0.300. The van der Waals surface area contributed by atoms with Crippen molar-refractivity contribution in [2.24, 2.45) is 7.05 Å². The average molecular weight is 407 g/mol. The second-order valence-corrected chi connectivity index (χ2v) is 6.53. The summed E-state index contributed by atoms with van der Waals surface area (Å²) in [5, 5.41) is 3.74. The van der Waals surface area contributed by atoms with Gasteiger partial charge in [-0.25, -0.2) is 0 Å². The van der Waals surface area contributed by atoms with Crippen molar-refractivity contribution >= 4 is 16.8 Å². The van der Waals surface area contributed by atoms with Gasteiger partial charge in [-0.15, -0.1) is 0 Å². The van der Waals surface area contributed by atoms with Crippen LogP contribution in [0.5, 0.6) is 11.5 Å². The highest BCUT2D eigenvalue weighted by atomic mass is 19.4. The van der Waals surface area contributed by atoms with Crippen molar-refractivity contribution < 1.29 is 27.4 Å². The zero-order valence-corrected chi connectivity index (χ0v) is 16.1. The number of nitrogens with zero attached hydrogens (tertiary/aromatic N) is 2. The van der Waals surface area contributed by atoms with E-state index in [0.29, 0.717) is 17.1 Å². The zero-order chi connectivity index (χ0) is 21.2. The van der Waals surface area contributed by atoms with E-state index in [4.69, 9.17) is 4.74 Å². The van der Waals surface area contributed by atoms with E-state index < -0.39 is 18.8 Å². The lowest BCUT2D eigenvalue weighted by atomic mass is 10.2. The van der Waals surface area contributed by atoms with Gasteiger partial charge in [-0.3, -0.25) is 9.78 Å². The molecule has 9 heteroatoms. The second kappa shape index (κ2) is 8.02. The minimum Gasteiger partial charge on any atom is -0.497 e. The number of hydrogen-bond acceptors (Lipinski definition) is 4. The lowest BCUT2D eigenvalue weighted by Gasteiger charge is -2.15. The van der Waals surface area contributed by atoms with Gasteiger partial charge in [-0.2, -0.15) is 13.2 Å². The molecule has 3 aromatic rings. The molecule has 0 saturated heterocycles. The van der Waals surface area contributed by atoms with Crippen LogP contribution >= 0.6 is 0 Å². The summed E-state index contributed by atoms with van der Waals surface area (Å²) in [5.74, 6) is 0.401. The van der Waals surface area contributed by atoms with Crippen LogP contribution in [0.1, 0.15) is 29.1 Å². The van der Waals surface area contributed by atoms with Crippen molar-refractivity contribution in [1.82, 2.24) is 14.9 Å². The molecule has 6 nitrogen and oxygen atoms in total. The molecule has 2 heterocycles. The van der Waals surface area contributed by atoms with E-state index in [1.54, 1.807) is 31.7 Å². The summed E-state index contributed by atoms with van der Waals surface area (Å²) < 4.78 is 48.2.